The summed E-state index contributed by atoms with van der Waals surface area (Å²) in [5.74, 6) is 2.36. The molecule has 1 amide bonds. The van der Waals surface area contributed by atoms with Crippen molar-refractivity contribution in [3.8, 4) is 5.75 Å². The number of amides is 1. The molecule has 2 aromatic rings. The van der Waals surface area contributed by atoms with E-state index in [9.17, 15) is 9.36 Å². The van der Waals surface area contributed by atoms with E-state index in [0.717, 1.165) is 53.2 Å². The topological polar surface area (TPSA) is 120 Å². The minimum atomic E-state index is -4.50. The van der Waals surface area contributed by atoms with Crippen LogP contribution in [0, 0.1) is 18.8 Å². The zero-order chi connectivity index (χ0) is 26.9. The van der Waals surface area contributed by atoms with Crippen LogP contribution < -0.4 is 20.3 Å². The average molecular weight is 544 g/mol. The van der Waals surface area contributed by atoms with Crippen LogP contribution in [-0.4, -0.2) is 47.5 Å². The van der Waals surface area contributed by atoms with Gasteiger partial charge in [-0.15, -0.1) is 0 Å². The number of aryl methyl sites for hydroxylation is 1. The molecule has 9 nitrogen and oxygen atoms in total. The lowest BCUT2D eigenvalue weighted by Gasteiger charge is -2.29. The van der Waals surface area contributed by atoms with E-state index in [-0.39, 0.29) is 11.9 Å². The Balaban J connectivity index is 1.27. The Labute approximate surface area is 224 Å². The highest BCUT2D eigenvalue weighted by Gasteiger charge is 2.45. The van der Waals surface area contributed by atoms with Gasteiger partial charge in [-0.1, -0.05) is 12.1 Å². The molecule has 3 fully saturated rings. The monoisotopic (exact) mass is 543 g/mol. The van der Waals surface area contributed by atoms with E-state index < -0.39 is 13.9 Å². The first-order valence-corrected chi connectivity index (χ1v) is 15.1. The van der Waals surface area contributed by atoms with E-state index in [1.807, 2.05) is 38.1 Å². The number of nitrogens with zero attached hydrogens (tertiary/aromatic N) is 1. The summed E-state index contributed by atoms with van der Waals surface area (Å²) in [5, 5.41) is 6.64. The first-order chi connectivity index (χ1) is 18.2. The number of hydrogen-bond acceptors (Lipinski definition) is 6. The summed E-state index contributed by atoms with van der Waals surface area (Å²) < 4.78 is 21.6. The van der Waals surface area contributed by atoms with E-state index in [0.29, 0.717) is 44.4 Å². The molecule has 0 spiro atoms. The van der Waals surface area contributed by atoms with Crippen LogP contribution in [-0.2, 0) is 15.6 Å². The van der Waals surface area contributed by atoms with Crippen LogP contribution in [0.3, 0.4) is 0 Å². The van der Waals surface area contributed by atoms with Gasteiger partial charge in [0.15, 0.2) is 0 Å². The zero-order valence-electron chi connectivity index (χ0n) is 22.1. The summed E-state index contributed by atoms with van der Waals surface area (Å²) >= 11 is 0. The van der Waals surface area contributed by atoms with Gasteiger partial charge in [0.25, 0.3) is 5.91 Å². The summed E-state index contributed by atoms with van der Waals surface area (Å²) in [4.78, 5) is 33.9. The van der Waals surface area contributed by atoms with Gasteiger partial charge in [0.1, 0.15) is 5.75 Å². The van der Waals surface area contributed by atoms with E-state index in [2.05, 4.69) is 27.7 Å². The van der Waals surface area contributed by atoms with Gasteiger partial charge in [0, 0.05) is 37.1 Å². The Morgan fingerprint density at radius 1 is 1.08 bits per heavy atom. The number of piperidine rings is 1. The molecule has 1 heterocycles. The summed E-state index contributed by atoms with van der Waals surface area (Å²) in [6, 6.07) is 12.1. The summed E-state index contributed by atoms with van der Waals surface area (Å²) in [6.07, 6.45) is 3.06. The van der Waals surface area contributed by atoms with Crippen LogP contribution in [0.15, 0.2) is 36.4 Å². The summed E-state index contributed by atoms with van der Waals surface area (Å²) in [5.41, 5.74) is 4.70. The molecular weight excluding hydrogens is 505 g/mol. The number of phosphoric ester groups is 1. The maximum Gasteiger partial charge on any atom is 0.469 e. The second-order valence-electron chi connectivity index (χ2n) is 10.8. The average Bonchev–Trinajstić information content (AvgIpc) is 3.49. The highest BCUT2D eigenvalue weighted by molar-refractivity contribution is 7.46. The number of ether oxygens (including phenoxy) is 1. The molecular formula is C28H38N3O6P. The SMILES string of the molecule is CCOc1ccc(CNc2cc(N3CC4CC4C3)ccc2C(=O)NC2CCC(OP(=O)(O)O)CC2)cc1C. The van der Waals surface area contributed by atoms with Gasteiger partial charge in [-0.2, -0.15) is 0 Å². The Morgan fingerprint density at radius 2 is 1.82 bits per heavy atom. The normalized spacial score (nSPS) is 24.6. The van der Waals surface area contributed by atoms with Crippen molar-refractivity contribution in [3.05, 3.63) is 53.1 Å². The molecule has 1 aliphatic heterocycles. The molecule has 0 aromatic heterocycles. The van der Waals surface area contributed by atoms with Crippen molar-refractivity contribution >= 4 is 25.1 Å². The zero-order valence-corrected chi connectivity index (χ0v) is 23.0. The lowest BCUT2D eigenvalue weighted by Crippen LogP contribution is -2.39. The Morgan fingerprint density at radius 3 is 2.47 bits per heavy atom. The van der Waals surface area contributed by atoms with Crippen molar-refractivity contribution in [3.63, 3.8) is 0 Å². The number of anilines is 2. The largest absolute Gasteiger partial charge is 0.494 e. The molecule has 2 aliphatic carbocycles. The van der Waals surface area contributed by atoms with Gasteiger partial charge in [0.2, 0.25) is 0 Å². The standard InChI is InChI=1S/C28H38N3O6P/c1-3-36-27-11-4-19(12-18(27)2)15-29-26-14-23(31-16-20-13-21(20)17-31)7-10-25(26)28(32)30-22-5-8-24(9-6-22)37-38(33,34)35/h4,7,10-12,14,20-22,24,29H,3,5-6,8-9,13,15-17H2,1-2H3,(H,30,32)(H2,33,34,35). The molecule has 5 rings (SSSR count). The fourth-order valence-corrected chi connectivity index (χ4v) is 6.39. The number of nitrogens with one attached hydrogen (secondary N) is 2. The third kappa shape index (κ3) is 6.70. The van der Waals surface area contributed by atoms with Crippen molar-refractivity contribution in [2.24, 2.45) is 11.8 Å². The van der Waals surface area contributed by atoms with Gasteiger partial charge in [-0.25, -0.2) is 4.57 Å². The minimum absolute atomic E-state index is 0.0638. The number of hydrogen-bond donors (Lipinski definition) is 4. The molecule has 0 bridgehead atoms. The predicted octanol–water partition coefficient (Wildman–Crippen LogP) is 4.61. The van der Waals surface area contributed by atoms with E-state index in [1.54, 1.807) is 0 Å². The number of rotatable bonds is 10. The molecule has 2 atom stereocenters. The smallest absolute Gasteiger partial charge is 0.469 e. The van der Waals surface area contributed by atoms with Gasteiger partial charge in [-0.3, -0.25) is 9.32 Å². The molecule has 2 unspecified atom stereocenters. The van der Waals surface area contributed by atoms with Crippen molar-refractivity contribution in [1.29, 1.82) is 0 Å². The van der Waals surface area contributed by atoms with Crippen LogP contribution in [0.4, 0.5) is 11.4 Å². The van der Waals surface area contributed by atoms with E-state index >= 15 is 0 Å². The van der Waals surface area contributed by atoms with Crippen LogP contribution >= 0.6 is 7.82 Å². The van der Waals surface area contributed by atoms with Gasteiger partial charge < -0.3 is 30.1 Å². The highest BCUT2D eigenvalue weighted by Crippen LogP contribution is 2.46. The maximum atomic E-state index is 13.4. The van der Waals surface area contributed by atoms with Crippen LogP contribution in [0.2, 0.25) is 0 Å². The molecule has 10 heteroatoms. The Bertz CT molecular complexity index is 1200. The summed E-state index contributed by atoms with van der Waals surface area (Å²) in [7, 11) is -4.50. The molecule has 2 saturated carbocycles. The first-order valence-electron chi connectivity index (χ1n) is 13.6. The van der Waals surface area contributed by atoms with E-state index in [4.69, 9.17) is 19.0 Å². The molecule has 1 saturated heterocycles. The first kappa shape index (κ1) is 27.0. The number of carbonyl (C=O) groups is 1. The van der Waals surface area contributed by atoms with Crippen molar-refractivity contribution < 1.29 is 28.4 Å². The number of carbonyl (C=O) groups excluding carboxylic acids is 1. The van der Waals surface area contributed by atoms with E-state index in [1.165, 1.54) is 6.42 Å². The second-order valence-corrected chi connectivity index (χ2v) is 12.0. The van der Waals surface area contributed by atoms with Crippen molar-refractivity contribution in [2.45, 2.75) is 64.6 Å². The molecule has 38 heavy (non-hydrogen) atoms. The minimum Gasteiger partial charge on any atom is -0.494 e. The fourth-order valence-electron chi connectivity index (χ4n) is 5.79. The quantitative estimate of drug-likeness (QED) is 0.321. The molecule has 0 radical (unpaired) electrons. The Kier molecular flexibility index (Phi) is 8.00. The number of benzene rings is 2. The third-order valence-electron chi connectivity index (χ3n) is 7.91. The Hall–Kier alpha value is -2.58. The van der Waals surface area contributed by atoms with Crippen LogP contribution in [0.1, 0.15) is 60.5 Å². The van der Waals surface area contributed by atoms with Crippen molar-refractivity contribution in [2.75, 3.05) is 29.9 Å². The fraction of sp³-hybridized carbons (Fsp3) is 0.536. The molecule has 3 aliphatic rings. The lowest BCUT2D eigenvalue weighted by atomic mass is 9.93. The lowest BCUT2D eigenvalue weighted by molar-refractivity contribution is 0.0820. The molecule has 2 aromatic carbocycles. The maximum absolute atomic E-state index is 13.4. The van der Waals surface area contributed by atoms with Crippen LogP contribution in [0.5, 0.6) is 5.75 Å². The molecule has 206 valence electrons. The number of phosphoric acid groups is 1. The van der Waals surface area contributed by atoms with Gasteiger partial charge >= 0.3 is 7.82 Å². The third-order valence-corrected chi connectivity index (χ3v) is 8.48. The highest BCUT2D eigenvalue weighted by atomic mass is 31.2. The number of fused-ring (bicyclic) bond motifs is 1. The summed E-state index contributed by atoms with van der Waals surface area (Å²) in [6.45, 7) is 7.36. The van der Waals surface area contributed by atoms with Gasteiger partial charge in [-0.05, 0) is 93.2 Å². The molecule has 4 N–H and O–H groups in total. The van der Waals surface area contributed by atoms with Crippen molar-refractivity contribution in [1.82, 2.24) is 5.32 Å². The van der Waals surface area contributed by atoms with Crippen LogP contribution in [0.25, 0.3) is 0 Å². The predicted molar refractivity (Wildman–Crippen MR) is 147 cm³/mol. The second kappa shape index (κ2) is 11.3. The van der Waals surface area contributed by atoms with Gasteiger partial charge in [0.05, 0.1) is 18.3 Å².